The number of nitrogens with one attached hydrogen (secondary N) is 1. The highest BCUT2D eigenvalue weighted by Gasteiger charge is 2.23. The Hall–Kier alpha value is -1.73. The lowest BCUT2D eigenvalue weighted by atomic mass is 10.1. The number of nitrogens with zero attached hydrogens (tertiary/aromatic N) is 4. The topological polar surface area (TPSA) is 63.1 Å². The molecule has 1 atom stereocenters. The van der Waals surface area contributed by atoms with E-state index in [0.717, 1.165) is 19.5 Å². The lowest BCUT2D eigenvalue weighted by molar-refractivity contribution is 0.0944. The third kappa shape index (κ3) is 2.73. The molecule has 0 aromatic carbocycles. The Labute approximate surface area is 121 Å². The fourth-order valence-electron chi connectivity index (χ4n) is 2.55. The molecule has 0 saturated carbocycles. The Morgan fingerprint density at radius 1 is 1.60 bits per heavy atom. The predicted octanol–water partition coefficient (Wildman–Crippen LogP) is 1.15. The molecule has 1 N–H and O–H groups in total. The fourth-order valence-corrected chi connectivity index (χ4v) is 3.09. The second-order valence-electron chi connectivity index (χ2n) is 5.04. The molecule has 0 fully saturated rings. The van der Waals surface area contributed by atoms with E-state index in [-0.39, 0.29) is 5.91 Å². The van der Waals surface area contributed by atoms with Gasteiger partial charge in [0.1, 0.15) is 5.69 Å². The van der Waals surface area contributed by atoms with Crippen LogP contribution >= 0.6 is 11.3 Å². The zero-order chi connectivity index (χ0) is 13.9. The largest absolute Gasteiger partial charge is 0.351 e. The van der Waals surface area contributed by atoms with Crippen molar-refractivity contribution in [1.82, 2.24) is 25.0 Å². The lowest BCUT2D eigenvalue weighted by Crippen LogP contribution is -2.37. The Kier molecular flexibility index (Phi) is 3.79. The number of fused-ring (bicyclic) bond motifs is 1. The van der Waals surface area contributed by atoms with Crippen LogP contribution in [-0.2, 0) is 6.54 Å². The first-order chi connectivity index (χ1) is 9.74. The minimum absolute atomic E-state index is 0.101. The maximum atomic E-state index is 11.8. The molecule has 6 nitrogen and oxygen atoms in total. The average Bonchev–Trinajstić information content (AvgIpc) is 3.09. The number of carbonyl (C=O) groups is 1. The van der Waals surface area contributed by atoms with Crippen LogP contribution in [0.25, 0.3) is 0 Å². The van der Waals surface area contributed by atoms with Gasteiger partial charge in [0.05, 0.1) is 17.2 Å². The van der Waals surface area contributed by atoms with Gasteiger partial charge in [-0.2, -0.15) is 5.10 Å². The number of thiazole rings is 1. The Balaban J connectivity index is 1.56. The molecule has 3 heterocycles. The Bertz CT molecular complexity index is 579. The molecule has 20 heavy (non-hydrogen) atoms. The van der Waals surface area contributed by atoms with Crippen molar-refractivity contribution in [3.8, 4) is 0 Å². The molecule has 0 aliphatic carbocycles. The van der Waals surface area contributed by atoms with Crippen LogP contribution in [0.4, 0.5) is 0 Å². The Morgan fingerprint density at radius 2 is 2.50 bits per heavy atom. The number of hydrogen-bond donors (Lipinski definition) is 1. The SMILES string of the molecule is CN1Cc2ccnn2[C@H](CCNC(=O)c2cscn2)C1. The van der Waals surface area contributed by atoms with Crippen LogP contribution in [-0.4, -0.2) is 45.7 Å². The molecule has 1 aliphatic heterocycles. The monoisotopic (exact) mass is 291 g/mol. The van der Waals surface area contributed by atoms with Gasteiger partial charge in [0.15, 0.2) is 0 Å². The summed E-state index contributed by atoms with van der Waals surface area (Å²) in [5.41, 5.74) is 3.39. The maximum Gasteiger partial charge on any atom is 0.270 e. The molecule has 1 amide bonds. The first kappa shape index (κ1) is 13.3. The van der Waals surface area contributed by atoms with E-state index in [2.05, 4.69) is 38.1 Å². The summed E-state index contributed by atoms with van der Waals surface area (Å²) in [6.45, 7) is 2.52. The number of aromatic nitrogens is 3. The summed E-state index contributed by atoms with van der Waals surface area (Å²) < 4.78 is 2.08. The van der Waals surface area contributed by atoms with E-state index < -0.39 is 0 Å². The van der Waals surface area contributed by atoms with Gasteiger partial charge < -0.3 is 5.32 Å². The molecule has 106 valence electrons. The number of carbonyl (C=O) groups excluding carboxylic acids is 1. The second-order valence-corrected chi connectivity index (χ2v) is 5.75. The van der Waals surface area contributed by atoms with E-state index >= 15 is 0 Å². The van der Waals surface area contributed by atoms with Crippen LogP contribution in [0.1, 0.15) is 28.6 Å². The highest BCUT2D eigenvalue weighted by molar-refractivity contribution is 7.07. The average molecular weight is 291 g/mol. The van der Waals surface area contributed by atoms with Crippen LogP contribution in [0, 0.1) is 0 Å². The zero-order valence-corrected chi connectivity index (χ0v) is 12.1. The van der Waals surface area contributed by atoms with E-state index in [1.165, 1.54) is 17.0 Å². The molecule has 0 spiro atoms. The van der Waals surface area contributed by atoms with Crippen molar-refractivity contribution in [1.29, 1.82) is 0 Å². The minimum atomic E-state index is -0.101. The van der Waals surface area contributed by atoms with E-state index in [4.69, 9.17) is 0 Å². The normalized spacial score (nSPS) is 18.8. The highest BCUT2D eigenvalue weighted by atomic mass is 32.1. The first-order valence-corrected chi connectivity index (χ1v) is 7.55. The molecule has 2 aromatic heterocycles. The van der Waals surface area contributed by atoms with Crippen molar-refractivity contribution >= 4 is 17.2 Å². The van der Waals surface area contributed by atoms with E-state index in [9.17, 15) is 4.79 Å². The number of amides is 1. The molecule has 1 aliphatic rings. The van der Waals surface area contributed by atoms with Crippen molar-refractivity contribution in [2.45, 2.75) is 19.0 Å². The van der Waals surface area contributed by atoms with Crippen LogP contribution in [0.3, 0.4) is 0 Å². The molecular weight excluding hydrogens is 274 g/mol. The van der Waals surface area contributed by atoms with E-state index in [1.807, 2.05) is 6.20 Å². The zero-order valence-electron chi connectivity index (χ0n) is 11.3. The molecule has 0 bridgehead atoms. The van der Waals surface area contributed by atoms with Crippen LogP contribution in [0.5, 0.6) is 0 Å². The Morgan fingerprint density at radius 3 is 3.30 bits per heavy atom. The fraction of sp³-hybridized carbons (Fsp3) is 0.462. The summed E-state index contributed by atoms with van der Waals surface area (Å²) in [4.78, 5) is 18.1. The van der Waals surface area contributed by atoms with Gasteiger partial charge in [-0.05, 0) is 19.5 Å². The smallest absolute Gasteiger partial charge is 0.270 e. The number of hydrogen-bond acceptors (Lipinski definition) is 5. The molecule has 0 radical (unpaired) electrons. The molecule has 3 rings (SSSR count). The summed E-state index contributed by atoms with van der Waals surface area (Å²) >= 11 is 1.43. The molecule has 7 heteroatoms. The molecular formula is C13H17N5OS. The van der Waals surface area contributed by atoms with Crippen LogP contribution < -0.4 is 5.32 Å². The van der Waals surface area contributed by atoms with Gasteiger partial charge in [0, 0.05) is 31.2 Å². The van der Waals surface area contributed by atoms with Crippen LogP contribution in [0.2, 0.25) is 0 Å². The maximum absolute atomic E-state index is 11.8. The van der Waals surface area contributed by atoms with Gasteiger partial charge in [0.25, 0.3) is 5.91 Å². The molecule has 0 unspecified atom stereocenters. The summed E-state index contributed by atoms with van der Waals surface area (Å²) in [7, 11) is 2.11. The summed E-state index contributed by atoms with van der Waals surface area (Å²) in [6.07, 6.45) is 2.71. The highest BCUT2D eigenvalue weighted by Crippen LogP contribution is 2.21. The quantitative estimate of drug-likeness (QED) is 0.918. The van der Waals surface area contributed by atoms with Crippen molar-refractivity contribution < 1.29 is 4.79 Å². The van der Waals surface area contributed by atoms with Crippen molar-refractivity contribution in [3.05, 3.63) is 34.5 Å². The lowest BCUT2D eigenvalue weighted by Gasteiger charge is -2.31. The molecule has 2 aromatic rings. The number of rotatable bonds is 4. The standard InChI is InChI=1S/C13H17N5OS/c1-17-6-10(18-11(7-17)3-5-16-18)2-4-14-13(19)12-8-20-9-15-12/h3,5,8-10H,2,4,6-7H2,1H3,(H,14,19)/t10-/m1/s1. The molecule has 0 saturated heterocycles. The van der Waals surface area contributed by atoms with Crippen molar-refractivity contribution in [2.24, 2.45) is 0 Å². The summed E-state index contributed by atoms with van der Waals surface area (Å²) in [6, 6.07) is 2.37. The number of likely N-dealkylation sites (N-methyl/N-ethyl adjacent to an activating group) is 1. The van der Waals surface area contributed by atoms with Gasteiger partial charge in [-0.3, -0.25) is 14.4 Å². The van der Waals surface area contributed by atoms with Gasteiger partial charge >= 0.3 is 0 Å². The minimum Gasteiger partial charge on any atom is -0.351 e. The summed E-state index contributed by atoms with van der Waals surface area (Å²) in [5, 5.41) is 9.06. The second kappa shape index (κ2) is 5.72. The van der Waals surface area contributed by atoms with Crippen molar-refractivity contribution in [3.63, 3.8) is 0 Å². The first-order valence-electron chi connectivity index (χ1n) is 6.61. The van der Waals surface area contributed by atoms with Crippen LogP contribution in [0.15, 0.2) is 23.2 Å². The van der Waals surface area contributed by atoms with Gasteiger partial charge in [-0.1, -0.05) is 0 Å². The van der Waals surface area contributed by atoms with E-state index in [1.54, 1.807) is 10.9 Å². The van der Waals surface area contributed by atoms with Gasteiger partial charge in [0.2, 0.25) is 0 Å². The van der Waals surface area contributed by atoms with E-state index in [0.29, 0.717) is 18.3 Å². The van der Waals surface area contributed by atoms with Gasteiger partial charge in [-0.25, -0.2) is 4.98 Å². The van der Waals surface area contributed by atoms with Crippen molar-refractivity contribution in [2.75, 3.05) is 20.1 Å². The third-order valence-corrected chi connectivity index (χ3v) is 4.07. The summed E-state index contributed by atoms with van der Waals surface area (Å²) in [5.74, 6) is -0.101. The predicted molar refractivity (Wildman–Crippen MR) is 76.7 cm³/mol. The van der Waals surface area contributed by atoms with Gasteiger partial charge in [-0.15, -0.1) is 11.3 Å². The third-order valence-electron chi connectivity index (χ3n) is 3.48.